The summed E-state index contributed by atoms with van der Waals surface area (Å²) in [7, 11) is 0. The molecule has 0 heterocycles. The van der Waals surface area contributed by atoms with Crippen molar-refractivity contribution in [1.29, 1.82) is 0 Å². The Morgan fingerprint density at radius 2 is 2.08 bits per heavy atom. The van der Waals surface area contributed by atoms with Crippen LogP contribution < -0.4 is 5.32 Å². The first-order valence-electron chi connectivity index (χ1n) is 5.05. The molecule has 2 atom stereocenters. The average molecular weight is 169 g/mol. The summed E-state index contributed by atoms with van der Waals surface area (Å²) < 4.78 is 0. The second-order valence-corrected chi connectivity index (χ2v) is 3.68. The van der Waals surface area contributed by atoms with Crippen LogP contribution in [0.5, 0.6) is 0 Å². The van der Waals surface area contributed by atoms with Crippen LogP contribution in [0.4, 0.5) is 0 Å². The molecule has 0 saturated heterocycles. The van der Waals surface area contributed by atoms with E-state index in [4.69, 9.17) is 0 Å². The van der Waals surface area contributed by atoms with Crippen LogP contribution in [-0.4, -0.2) is 12.6 Å². The molecule has 0 aromatic rings. The minimum absolute atomic E-state index is 0.653. The van der Waals surface area contributed by atoms with E-state index in [2.05, 4.69) is 32.7 Å². The maximum atomic E-state index is 3.69. The lowest BCUT2D eigenvalue weighted by Gasteiger charge is -2.16. The van der Waals surface area contributed by atoms with E-state index in [9.17, 15) is 0 Å². The number of hydrogen-bond acceptors (Lipinski definition) is 1. The first-order valence-corrected chi connectivity index (χ1v) is 5.05. The Kier molecular flexibility index (Phi) is 7.17. The number of nitrogens with one attached hydrogen (secondary N) is 1. The van der Waals surface area contributed by atoms with Gasteiger partial charge in [-0.05, 0) is 32.2 Å². The van der Waals surface area contributed by atoms with Gasteiger partial charge in [-0.1, -0.05) is 26.3 Å². The minimum Gasteiger partial charge on any atom is -0.314 e. The zero-order valence-electron chi connectivity index (χ0n) is 8.77. The van der Waals surface area contributed by atoms with E-state index in [1.165, 1.54) is 12.8 Å². The summed E-state index contributed by atoms with van der Waals surface area (Å²) in [4.78, 5) is 0. The molecule has 0 aliphatic carbocycles. The maximum absolute atomic E-state index is 3.69. The Bertz CT molecular complexity index is 110. The SMILES string of the molecule is C=CCCNC(C)CC(C)CC. The first-order chi connectivity index (χ1) is 5.70. The third-order valence-corrected chi connectivity index (χ3v) is 2.29. The van der Waals surface area contributed by atoms with Gasteiger partial charge in [0.25, 0.3) is 0 Å². The highest BCUT2D eigenvalue weighted by molar-refractivity contribution is 4.70. The highest BCUT2D eigenvalue weighted by Crippen LogP contribution is 2.08. The highest BCUT2D eigenvalue weighted by Gasteiger charge is 2.04. The summed E-state index contributed by atoms with van der Waals surface area (Å²) >= 11 is 0. The molecule has 0 spiro atoms. The van der Waals surface area contributed by atoms with E-state index in [1.54, 1.807) is 0 Å². The quantitative estimate of drug-likeness (QED) is 0.456. The van der Waals surface area contributed by atoms with Crippen molar-refractivity contribution in [3.05, 3.63) is 12.7 Å². The van der Waals surface area contributed by atoms with Crippen molar-refractivity contribution < 1.29 is 0 Å². The van der Waals surface area contributed by atoms with Crippen molar-refractivity contribution in [3.63, 3.8) is 0 Å². The highest BCUT2D eigenvalue weighted by atomic mass is 14.9. The Morgan fingerprint density at radius 3 is 2.58 bits per heavy atom. The van der Waals surface area contributed by atoms with E-state index in [0.29, 0.717) is 6.04 Å². The van der Waals surface area contributed by atoms with Gasteiger partial charge in [0.05, 0.1) is 0 Å². The summed E-state index contributed by atoms with van der Waals surface area (Å²) in [5, 5.41) is 3.48. The molecule has 1 nitrogen and oxygen atoms in total. The zero-order valence-corrected chi connectivity index (χ0v) is 8.77. The van der Waals surface area contributed by atoms with E-state index >= 15 is 0 Å². The molecule has 0 amide bonds. The fourth-order valence-corrected chi connectivity index (χ4v) is 1.29. The lowest BCUT2D eigenvalue weighted by molar-refractivity contribution is 0.415. The van der Waals surface area contributed by atoms with Crippen LogP contribution in [0, 0.1) is 5.92 Å². The smallest absolute Gasteiger partial charge is 0.00413 e. The van der Waals surface area contributed by atoms with Gasteiger partial charge in [0.2, 0.25) is 0 Å². The lowest BCUT2D eigenvalue weighted by Crippen LogP contribution is -2.28. The van der Waals surface area contributed by atoms with E-state index in [1.807, 2.05) is 6.08 Å². The van der Waals surface area contributed by atoms with Crippen molar-refractivity contribution in [2.75, 3.05) is 6.54 Å². The Balaban J connectivity index is 3.32. The molecular formula is C11H23N. The third kappa shape index (κ3) is 6.41. The van der Waals surface area contributed by atoms with Gasteiger partial charge in [0.15, 0.2) is 0 Å². The van der Waals surface area contributed by atoms with Crippen molar-refractivity contribution in [3.8, 4) is 0 Å². The van der Waals surface area contributed by atoms with Gasteiger partial charge in [0, 0.05) is 6.04 Å². The lowest BCUT2D eigenvalue weighted by atomic mass is 10.0. The number of rotatable bonds is 7. The van der Waals surface area contributed by atoms with Gasteiger partial charge in [-0.15, -0.1) is 6.58 Å². The summed E-state index contributed by atoms with van der Waals surface area (Å²) in [6, 6.07) is 0.653. The van der Waals surface area contributed by atoms with Gasteiger partial charge in [-0.3, -0.25) is 0 Å². The predicted octanol–water partition coefficient (Wildman–Crippen LogP) is 2.98. The molecule has 1 N–H and O–H groups in total. The largest absolute Gasteiger partial charge is 0.314 e. The standard InChI is InChI=1S/C11H23N/c1-5-7-8-12-11(4)9-10(3)6-2/h5,10-12H,1,6-9H2,2-4H3. The molecule has 0 aromatic carbocycles. The molecule has 0 fully saturated rings. The van der Waals surface area contributed by atoms with Crippen LogP contribution in [0.15, 0.2) is 12.7 Å². The zero-order chi connectivity index (χ0) is 9.40. The fraction of sp³-hybridized carbons (Fsp3) is 0.818. The molecule has 0 aliphatic rings. The molecule has 12 heavy (non-hydrogen) atoms. The average Bonchev–Trinajstić information content (AvgIpc) is 2.05. The van der Waals surface area contributed by atoms with Crippen LogP contribution in [-0.2, 0) is 0 Å². The molecule has 0 aromatic heterocycles. The van der Waals surface area contributed by atoms with E-state index in [0.717, 1.165) is 18.9 Å². The Hall–Kier alpha value is -0.300. The molecule has 0 saturated carbocycles. The molecule has 0 radical (unpaired) electrons. The Labute approximate surface area is 77.2 Å². The monoisotopic (exact) mass is 169 g/mol. The van der Waals surface area contributed by atoms with Gasteiger partial charge in [-0.2, -0.15) is 0 Å². The van der Waals surface area contributed by atoms with Gasteiger partial charge in [-0.25, -0.2) is 0 Å². The maximum Gasteiger partial charge on any atom is 0.00413 e. The topological polar surface area (TPSA) is 12.0 Å². The third-order valence-electron chi connectivity index (χ3n) is 2.29. The first kappa shape index (κ1) is 11.7. The molecule has 2 unspecified atom stereocenters. The van der Waals surface area contributed by atoms with Crippen molar-refractivity contribution >= 4 is 0 Å². The Morgan fingerprint density at radius 1 is 1.42 bits per heavy atom. The fourth-order valence-electron chi connectivity index (χ4n) is 1.29. The van der Waals surface area contributed by atoms with Gasteiger partial charge >= 0.3 is 0 Å². The normalized spacial score (nSPS) is 15.6. The molecule has 0 bridgehead atoms. The second-order valence-electron chi connectivity index (χ2n) is 3.68. The minimum atomic E-state index is 0.653. The van der Waals surface area contributed by atoms with Crippen molar-refractivity contribution in [2.45, 2.75) is 46.1 Å². The van der Waals surface area contributed by atoms with E-state index < -0.39 is 0 Å². The molecule has 0 rings (SSSR count). The summed E-state index contributed by atoms with van der Waals surface area (Å²) in [6.45, 7) is 11.6. The summed E-state index contributed by atoms with van der Waals surface area (Å²) in [6.07, 6.45) is 5.61. The molecule has 1 heteroatoms. The van der Waals surface area contributed by atoms with Crippen LogP contribution in [0.25, 0.3) is 0 Å². The molecule has 0 aliphatic heterocycles. The molecular weight excluding hydrogens is 146 g/mol. The van der Waals surface area contributed by atoms with Crippen LogP contribution in [0.2, 0.25) is 0 Å². The number of hydrogen-bond donors (Lipinski definition) is 1. The van der Waals surface area contributed by atoms with Gasteiger partial charge in [0.1, 0.15) is 0 Å². The second kappa shape index (κ2) is 7.35. The van der Waals surface area contributed by atoms with Crippen LogP contribution in [0.3, 0.4) is 0 Å². The predicted molar refractivity (Wildman–Crippen MR) is 56.4 cm³/mol. The van der Waals surface area contributed by atoms with Crippen LogP contribution >= 0.6 is 0 Å². The molecule has 72 valence electrons. The van der Waals surface area contributed by atoms with Crippen LogP contribution in [0.1, 0.15) is 40.0 Å². The van der Waals surface area contributed by atoms with Crippen molar-refractivity contribution in [1.82, 2.24) is 5.32 Å². The van der Waals surface area contributed by atoms with Gasteiger partial charge < -0.3 is 5.32 Å². The summed E-state index contributed by atoms with van der Waals surface area (Å²) in [5.41, 5.74) is 0. The van der Waals surface area contributed by atoms with E-state index in [-0.39, 0.29) is 0 Å². The van der Waals surface area contributed by atoms with Crippen molar-refractivity contribution in [2.24, 2.45) is 5.92 Å². The summed E-state index contributed by atoms with van der Waals surface area (Å²) in [5.74, 6) is 0.844.